The predicted octanol–water partition coefficient (Wildman–Crippen LogP) is 1.76. The summed E-state index contributed by atoms with van der Waals surface area (Å²) in [5, 5.41) is 2.70. The van der Waals surface area contributed by atoms with E-state index in [9.17, 15) is 4.79 Å². The second-order valence-electron chi connectivity index (χ2n) is 3.45. The third-order valence-corrected chi connectivity index (χ3v) is 2.10. The van der Waals surface area contributed by atoms with Gasteiger partial charge < -0.3 is 15.8 Å². The van der Waals surface area contributed by atoms with Crippen LogP contribution in [0.1, 0.15) is 19.8 Å². The molecule has 0 spiro atoms. The zero-order valence-electron chi connectivity index (χ0n) is 9.53. The molecule has 3 N–H and O–H groups in total. The number of para-hydroxylation sites is 2. The van der Waals surface area contributed by atoms with E-state index in [4.69, 9.17) is 10.5 Å². The number of carbonyl (C=O) groups excluding carboxylic acids is 1. The van der Waals surface area contributed by atoms with Crippen molar-refractivity contribution in [2.75, 3.05) is 18.5 Å². The Morgan fingerprint density at radius 2 is 2.19 bits per heavy atom. The quantitative estimate of drug-likeness (QED) is 0.721. The van der Waals surface area contributed by atoms with E-state index in [2.05, 4.69) is 12.2 Å². The van der Waals surface area contributed by atoms with Gasteiger partial charge in [-0.1, -0.05) is 25.5 Å². The Morgan fingerprint density at radius 1 is 1.44 bits per heavy atom. The molecule has 4 heteroatoms. The van der Waals surface area contributed by atoms with Gasteiger partial charge in [0.15, 0.2) is 0 Å². The Labute approximate surface area is 95.8 Å². The van der Waals surface area contributed by atoms with E-state index >= 15 is 0 Å². The highest BCUT2D eigenvalue weighted by atomic mass is 16.5. The van der Waals surface area contributed by atoms with Crippen LogP contribution in [0, 0.1) is 0 Å². The lowest BCUT2D eigenvalue weighted by Crippen LogP contribution is -2.22. The van der Waals surface area contributed by atoms with Crippen molar-refractivity contribution in [1.82, 2.24) is 0 Å². The minimum Gasteiger partial charge on any atom is -0.491 e. The van der Waals surface area contributed by atoms with E-state index in [1.165, 1.54) is 0 Å². The van der Waals surface area contributed by atoms with Gasteiger partial charge in [-0.25, -0.2) is 0 Å². The molecule has 0 heterocycles. The molecule has 0 saturated heterocycles. The van der Waals surface area contributed by atoms with Crippen molar-refractivity contribution in [2.24, 2.45) is 5.73 Å². The zero-order valence-corrected chi connectivity index (χ0v) is 9.53. The Kier molecular flexibility index (Phi) is 5.36. The van der Waals surface area contributed by atoms with Crippen LogP contribution in [0.5, 0.6) is 5.75 Å². The van der Waals surface area contributed by atoms with Crippen molar-refractivity contribution in [3.05, 3.63) is 24.3 Å². The molecule has 16 heavy (non-hydrogen) atoms. The molecule has 4 nitrogen and oxygen atoms in total. The highest BCUT2D eigenvalue weighted by Gasteiger charge is 2.05. The van der Waals surface area contributed by atoms with Gasteiger partial charge in [0.1, 0.15) is 5.75 Å². The maximum atomic E-state index is 11.2. The third-order valence-electron chi connectivity index (χ3n) is 2.10. The van der Waals surface area contributed by atoms with E-state index in [0.29, 0.717) is 18.0 Å². The van der Waals surface area contributed by atoms with Crippen LogP contribution in [0.15, 0.2) is 24.3 Å². The number of nitrogens with one attached hydrogen (secondary N) is 1. The number of unbranched alkanes of at least 4 members (excludes halogenated alkanes) is 1. The summed E-state index contributed by atoms with van der Waals surface area (Å²) in [7, 11) is 0. The molecule has 0 aliphatic carbocycles. The van der Waals surface area contributed by atoms with Crippen molar-refractivity contribution in [2.45, 2.75) is 19.8 Å². The molecule has 1 aromatic carbocycles. The first kappa shape index (κ1) is 12.5. The molecule has 0 unspecified atom stereocenters. The van der Waals surface area contributed by atoms with Crippen molar-refractivity contribution < 1.29 is 9.53 Å². The number of rotatable bonds is 6. The molecule has 0 aliphatic rings. The van der Waals surface area contributed by atoms with Crippen molar-refractivity contribution in [3.8, 4) is 5.75 Å². The zero-order chi connectivity index (χ0) is 11.8. The Morgan fingerprint density at radius 3 is 2.88 bits per heavy atom. The fraction of sp³-hybridized carbons (Fsp3) is 0.417. The van der Waals surface area contributed by atoms with E-state index in [1.807, 2.05) is 18.2 Å². The average molecular weight is 222 g/mol. The normalized spacial score (nSPS) is 9.88. The lowest BCUT2D eigenvalue weighted by molar-refractivity contribution is -0.114. The van der Waals surface area contributed by atoms with Crippen LogP contribution in [-0.4, -0.2) is 19.1 Å². The maximum absolute atomic E-state index is 11.2. The molecule has 0 aromatic heterocycles. The number of ether oxygens (including phenoxy) is 1. The van der Waals surface area contributed by atoms with Gasteiger partial charge in [-0.3, -0.25) is 4.79 Å². The van der Waals surface area contributed by atoms with Gasteiger partial charge in [-0.2, -0.15) is 0 Å². The number of anilines is 1. The van der Waals surface area contributed by atoms with Crippen LogP contribution in [0.3, 0.4) is 0 Å². The van der Waals surface area contributed by atoms with Crippen LogP contribution in [-0.2, 0) is 4.79 Å². The van der Waals surface area contributed by atoms with Crippen LogP contribution in [0.4, 0.5) is 5.69 Å². The number of hydrogen-bond donors (Lipinski definition) is 2. The largest absolute Gasteiger partial charge is 0.491 e. The summed E-state index contributed by atoms with van der Waals surface area (Å²) in [5.74, 6) is 0.476. The summed E-state index contributed by atoms with van der Waals surface area (Å²) < 4.78 is 5.57. The molecule has 88 valence electrons. The van der Waals surface area contributed by atoms with E-state index < -0.39 is 0 Å². The fourth-order valence-electron chi connectivity index (χ4n) is 1.22. The number of hydrogen-bond acceptors (Lipinski definition) is 3. The van der Waals surface area contributed by atoms with Crippen LogP contribution >= 0.6 is 0 Å². The summed E-state index contributed by atoms with van der Waals surface area (Å²) in [6.45, 7) is 2.74. The van der Waals surface area contributed by atoms with Crippen molar-refractivity contribution >= 4 is 11.6 Å². The first-order chi connectivity index (χ1) is 7.77. The Balaban J connectivity index is 2.63. The van der Waals surface area contributed by atoms with E-state index in [0.717, 1.165) is 12.8 Å². The van der Waals surface area contributed by atoms with Gasteiger partial charge >= 0.3 is 0 Å². The number of carbonyl (C=O) groups is 1. The van der Waals surface area contributed by atoms with Crippen LogP contribution in [0.25, 0.3) is 0 Å². The first-order valence-corrected chi connectivity index (χ1v) is 5.49. The number of nitrogens with two attached hydrogens (primary N) is 1. The minimum atomic E-state index is -0.216. The first-order valence-electron chi connectivity index (χ1n) is 5.49. The topological polar surface area (TPSA) is 64.3 Å². The summed E-state index contributed by atoms with van der Waals surface area (Å²) in [6.07, 6.45) is 2.08. The van der Waals surface area contributed by atoms with Crippen molar-refractivity contribution in [3.63, 3.8) is 0 Å². The van der Waals surface area contributed by atoms with Crippen LogP contribution in [0.2, 0.25) is 0 Å². The van der Waals surface area contributed by atoms with Gasteiger partial charge in [0.05, 0.1) is 18.8 Å². The number of benzene rings is 1. The van der Waals surface area contributed by atoms with Gasteiger partial charge in [0.2, 0.25) is 5.91 Å². The number of amides is 1. The molecule has 0 radical (unpaired) electrons. The molecule has 1 rings (SSSR count). The van der Waals surface area contributed by atoms with Gasteiger partial charge in [-0.15, -0.1) is 0 Å². The SMILES string of the molecule is CCCCOc1ccccc1NC(=O)CN. The lowest BCUT2D eigenvalue weighted by atomic mass is 10.3. The fourth-order valence-corrected chi connectivity index (χ4v) is 1.22. The second-order valence-corrected chi connectivity index (χ2v) is 3.45. The summed E-state index contributed by atoms with van der Waals surface area (Å²) in [4.78, 5) is 11.2. The molecule has 1 amide bonds. The van der Waals surface area contributed by atoms with Crippen molar-refractivity contribution in [1.29, 1.82) is 0 Å². The second kappa shape index (κ2) is 6.85. The highest BCUT2D eigenvalue weighted by molar-refractivity contribution is 5.93. The summed E-state index contributed by atoms with van der Waals surface area (Å²) in [5.41, 5.74) is 5.91. The smallest absolute Gasteiger partial charge is 0.238 e. The average Bonchev–Trinajstić information content (AvgIpc) is 2.31. The highest BCUT2D eigenvalue weighted by Crippen LogP contribution is 2.23. The Hall–Kier alpha value is -1.55. The maximum Gasteiger partial charge on any atom is 0.238 e. The molecule has 1 aromatic rings. The standard InChI is InChI=1S/C12H18N2O2/c1-2-3-8-16-11-7-5-4-6-10(11)14-12(15)9-13/h4-7H,2-3,8-9,13H2,1H3,(H,14,15). The predicted molar refractivity (Wildman–Crippen MR) is 64.5 cm³/mol. The Bertz CT molecular complexity index is 340. The molecule has 0 atom stereocenters. The molecule has 0 aliphatic heterocycles. The monoisotopic (exact) mass is 222 g/mol. The van der Waals surface area contributed by atoms with Gasteiger partial charge in [0, 0.05) is 0 Å². The summed E-state index contributed by atoms with van der Waals surface area (Å²) >= 11 is 0. The van der Waals surface area contributed by atoms with E-state index in [-0.39, 0.29) is 12.5 Å². The molecular formula is C12H18N2O2. The van der Waals surface area contributed by atoms with Gasteiger partial charge in [0.25, 0.3) is 0 Å². The van der Waals surface area contributed by atoms with Crippen LogP contribution < -0.4 is 15.8 Å². The molecule has 0 bridgehead atoms. The molecular weight excluding hydrogens is 204 g/mol. The van der Waals surface area contributed by atoms with Gasteiger partial charge in [-0.05, 0) is 18.6 Å². The van der Waals surface area contributed by atoms with E-state index in [1.54, 1.807) is 6.07 Å². The molecule has 0 saturated carbocycles. The lowest BCUT2D eigenvalue weighted by Gasteiger charge is -2.11. The molecule has 0 fully saturated rings. The third kappa shape index (κ3) is 3.90. The summed E-state index contributed by atoms with van der Waals surface area (Å²) in [6, 6.07) is 7.36. The minimum absolute atomic E-state index is 0.0245.